The number of nitrogens with one attached hydrogen (secondary N) is 1. The van der Waals surface area contributed by atoms with E-state index in [0.717, 1.165) is 49.1 Å². The first-order chi connectivity index (χ1) is 9.33. The molecule has 0 radical (unpaired) electrons. The maximum absolute atomic E-state index is 5.31. The molecule has 0 aliphatic carbocycles. The Morgan fingerprint density at radius 1 is 1.47 bits per heavy atom. The predicted octanol–water partition coefficient (Wildman–Crippen LogP) is 2.57. The van der Waals surface area contributed by atoms with E-state index in [9.17, 15) is 0 Å². The zero-order valence-electron chi connectivity index (χ0n) is 11.2. The van der Waals surface area contributed by atoms with Gasteiger partial charge in [-0.05, 0) is 51.3 Å². The second-order valence-corrected chi connectivity index (χ2v) is 5.15. The minimum atomic E-state index is 0.628. The van der Waals surface area contributed by atoms with Gasteiger partial charge in [0.05, 0.1) is 11.8 Å². The van der Waals surface area contributed by atoms with Crippen LogP contribution in [0.3, 0.4) is 0 Å². The number of hydrogen-bond acceptors (Lipinski definition) is 5. The molecule has 2 aromatic heterocycles. The van der Waals surface area contributed by atoms with Crippen molar-refractivity contribution < 1.29 is 8.94 Å². The average Bonchev–Trinajstić information content (AvgIpc) is 3.06. The highest BCUT2D eigenvalue weighted by atomic mass is 16.5. The summed E-state index contributed by atoms with van der Waals surface area (Å²) in [5.41, 5.74) is 0.911. The molecular weight excluding hydrogens is 242 g/mol. The molecule has 3 rings (SSSR count). The highest BCUT2D eigenvalue weighted by molar-refractivity contribution is 5.55. The van der Waals surface area contributed by atoms with Crippen molar-refractivity contribution in [3.05, 3.63) is 24.0 Å². The van der Waals surface area contributed by atoms with E-state index in [0.29, 0.717) is 5.82 Å². The lowest BCUT2D eigenvalue weighted by atomic mass is 9.95. The summed E-state index contributed by atoms with van der Waals surface area (Å²) in [7, 11) is 0. The molecule has 1 saturated heterocycles. The van der Waals surface area contributed by atoms with Gasteiger partial charge in [0.25, 0.3) is 0 Å². The summed E-state index contributed by atoms with van der Waals surface area (Å²) in [5, 5.41) is 7.45. The molecule has 0 saturated carbocycles. The molecule has 5 heteroatoms. The van der Waals surface area contributed by atoms with Gasteiger partial charge in [0.1, 0.15) is 5.76 Å². The highest BCUT2D eigenvalue weighted by Gasteiger charge is 2.16. The number of nitrogens with zero attached hydrogens (tertiary/aromatic N) is 2. The smallest absolute Gasteiger partial charge is 0.226 e. The fourth-order valence-corrected chi connectivity index (χ4v) is 2.58. The minimum absolute atomic E-state index is 0.628. The van der Waals surface area contributed by atoms with Gasteiger partial charge in [-0.2, -0.15) is 4.98 Å². The van der Waals surface area contributed by atoms with Crippen molar-refractivity contribution in [2.24, 2.45) is 5.92 Å². The van der Waals surface area contributed by atoms with Gasteiger partial charge < -0.3 is 14.3 Å². The second-order valence-electron chi connectivity index (χ2n) is 5.15. The summed E-state index contributed by atoms with van der Waals surface area (Å²) in [4.78, 5) is 4.44. The van der Waals surface area contributed by atoms with Crippen molar-refractivity contribution in [1.29, 1.82) is 0 Å². The van der Waals surface area contributed by atoms with E-state index in [-0.39, 0.29) is 0 Å². The molecule has 0 aromatic carbocycles. The quantitative estimate of drug-likeness (QED) is 0.916. The van der Waals surface area contributed by atoms with Crippen LogP contribution in [-0.2, 0) is 6.42 Å². The Labute approximate surface area is 112 Å². The molecule has 1 N–H and O–H groups in total. The summed E-state index contributed by atoms with van der Waals surface area (Å²) in [6.45, 7) is 4.17. The number of hydrogen-bond donors (Lipinski definition) is 1. The van der Waals surface area contributed by atoms with Gasteiger partial charge in [-0.15, -0.1) is 0 Å². The van der Waals surface area contributed by atoms with E-state index in [1.54, 1.807) is 6.26 Å². The molecule has 1 aliphatic heterocycles. The average molecular weight is 261 g/mol. The Kier molecular flexibility index (Phi) is 3.64. The zero-order chi connectivity index (χ0) is 13.1. The number of aromatic nitrogens is 2. The molecule has 19 heavy (non-hydrogen) atoms. The number of aryl methyl sites for hydroxylation is 2. The standard InChI is InChI=1S/C14H19N3O2/c1-10-12(6-8-18-10)14-16-13(19-17-14)5-4-11-3-2-7-15-9-11/h6,8,11,15H,2-5,7,9H2,1H3. The van der Waals surface area contributed by atoms with Crippen LogP contribution in [0.1, 0.15) is 30.9 Å². The van der Waals surface area contributed by atoms with Gasteiger partial charge in [0.2, 0.25) is 11.7 Å². The van der Waals surface area contributed by atoms with Crippen LogP contribution in [0.25, 0.3) is 11.4 Å². The lowest BCUT2D eigenvalue weighted by Crippen LogP contribution is -2.29. The second kappa shape index (κ2) is 5.57. The van der Waals surface area contributed by atoms with Gasteiger partial charge >= 0.3 is 0 Å². The SMILES string of the molecule is Cc1occc1-c1noc(CCC2CCCNC2)n1. The van der Waals surface area contributed by atoms with Crippen molar-refractivity contribution in [3.8, 4) is 11.4 Å². The summed E-state index contributed by atoms with van der Waals surface area (Å²) in [5.74, 6) is 2.91. The molecule has 1 unspecified atom stereocenters. The Morgan fingerprint density at radius 3 is 3.16 bits per heavy atom. The van der Waals surface area contributed by atoms with Crippen LogP contribution in [0.15, 0.2) is 21.3 Å². The van der Waals surface area contributed by atoms with Gasteiger partial charge in [-0.25, -0.2) is 0 Å². The van der Waals surface area contributed by atoms with Crippen LogP contribution >= 0.6 is 0 Å². The van der Waals surface area contributed by atoms with E-state index in [1.807, 2.05) is 13.0 Å². The van der Waals surface area contributed by atoms with Crippen LogP contribution in [0.2, 0.25) is 0 Å². The van der Waals surface area contributed by atoms with Gasteiger partial charge in [0, 0.05) is 6.42 Å². The number of piperidine rings is 1. The topological polar surface area (TPSA) is 64.1 Å². The molecular formula is C14H19N3O2. The van der Waals surface area contributed by atoms with Crippen LogP contribution in [-0.4, -0.2) is 23.2 Å². The van der Waals surface area contributed by atoms with Crippen molar-refractivity contribution in [3.63, 3.8) is 0 Å². The lowest BCUT2D eigenvalue weighted by molar-refractivity contribution is 0.327. The third-order valence-corrected chi connectivity index (χ3v) is 3.73. The molecule has 1 aliphatic rings. The summed E-state index contributed by atoms with van der Waals surface area (Å²) in [6.07, 6.45) is 6.19. The third-order valence-electron chi connectivity index (χ3n) is 3.73. The van der Waals surface area contributed by atoms with Crippen molar-refractivity contribution in [2.75, 3.05) is 13.1 Å². The molecule has 5 nitrogen and oxygen atoms in total. The third kappa shape index (κ3) is 2.87. The molecule has 1 fully saturated rings. The number of rotatable bonds is 4. The van der Waals surface area contributed by atoms with E-state index in [1.165, 1.54) is 12.8 Å². The maximum Gasteiger partial charge on any atom is 0.226 e. The first-order valence-electron chi connectivity index (χ1n) is 6.90. The van der Waals surface area contributed by atoms with E-state index in [4.69, 9.17) is 8.94 Å². The van der Waals surface area contributed by atoms with Gasteiger partial charge in [0.15, 0.2) is 0 Å². The minimum Gasteiger partial charge on any atom is -0.469 e. The van der Waals surface area contributed by atoms with E-state index in [2.05, 4.69) is 15.5 Å². The van der Waals surface area contributed by atoms with Gasteiger partial charge in [-0.3, -0.25) is 0 Å². The summed E-state index contributed by atoms with van der Waals surface area (Å²) < 4.78 is 10.6. The van der Waals surface area contributed by atoms with Crippen LogP contribution in [0, 0.1) is 12.8 Å². The Hall–Kier alpha value is -1.62. The molecule has 0 amide bonds. The fraction of sp³-hybridized carbons (Fsp3) is 0.571. The Balaban J connectivity index is 1.60. The normalized spacial score (nSPS) is 19.7. The molecule has 0 bridgehead atoms. The highest BCUT2D eigenvalue weighted by Crippen LogP contribution is 2.22. The Morgan fingerprint density at radius 2 is 2.42 bits per heavy atom. The largest absolute Gasteiger partial charge is 0.469 e. The first kappa shape index (κ1) is 12.4. The maximum atomic E-state index is 5.31. The lowest BCUT2D eigenvalue weighted by Gasteiger charge is -2.21. The zero-order valence-corrected chi connectivity index (χ0v) is 11.2. The number of furan rings is 1. The molecule has 0 spiro atoms. The molecule has 102 valence electrons. The van der Waals surface area contributed by atoms with Crippen molar-refractivity contribution in [2.45, 2.75) is 32.6 Å². The van der Waals surface area contributed by atoms with Crippen LogP contribution < -0.4 is 5.32 Å². The van der Waals surface area contributed by atoms with Gasteiger partial charge in [-0.1, -0.05) is 5.16 Å². The first-order valence-corrected chi connectivity index (χ1v) is 6.90. The predicted molar refractivity (Wildman–Crippen MR) is 70.7 cm³/mol. The van der Waals surface area contributed by atoms with E-state index < -0.39 is 0 Å². The summed E-state index contributed by atoms with van der Waals surface area (Å²) >= 11 is 0. The Bertz CT molecular complexity index is 526. The summed E-state index contributed by atoms with van der Waals surface area (Å²) in [6, 6.07) is 1.87. The van der Waals surface area contributed by atoms with E-state index >= 15 is 0 Å². The monoisotopic (exact) mass is 261 g/mol. The fourth-order valence-electron chi connectivity index (χ4n) is 2.58. The molecule has 3 heterocycles. The van der Waals surface area contributed by atoms with Crippen molar-refractivity contribution >= 4 is 0 Å². The van der Waals surface area contributed by atoms with Crippen LogP contribution in [0.4, 0.5) is 0 Å². The molecule has 2 aromatic rings. The van der Waals surface area contributed by atoms with Crippen molar-refractivity contribution in [1.82, 2.24) is 15.5 Å². The molecule has 1 atom stereocenters. The van der Waals surface area contributed by atoms with Crippen LogP contribution in [0.5, 0.6) is 0 Å².